The number of rotatable bonds is 12. The van der Waals surface area contributed by atoms with Gasteiger partial charge in [0.1, 0.15) is 12.4 Å². The van der Waals surface area contributed by atoms with Crippen LogP contribution in [-0.4, -0.2) is 26.6 Å². The monoisotopic (exact) mass is 738 g/mol. The number of phenols is 2. The number of ether oxygens (including phenoxy) is 2. The molecule has 0 heterocycles. The number of carbonyl (C=O) groups excluding carboxylic acids is 2. The van der Waals surface area contributed by atoms with Gasteiger partial charge in [-0.05, 0) is 54.7 Å². The summed E-state index contributed by atoms with van der Waals surface area (Å²) in [6.07, 6.45) is 1.22. The number of carbonyl (C=O) groups is 2. The molecular formula is C38H45INO6-. The average molecular weight is 739 g/mol. The summed E-state index contributed by atoms with van der Waals surface area (Å²) in [5.41, 5.74) is 8.13. The molecule has 8 heteroatoms. The van der Waals surface area contributed by atoms with Crippen molar-refractivity contribution >= 4 is 11.9 Å². The van der Waals surface area contributed by atoms with Gasteiger partial charge in [-0.15, -0.1) is 0 Å². The van der Waals surface area contributed by atoms with Gasteiger partial charge in [0.25, 0.3) is 0 Å². The molecule has 0 radical (unpaired) electrons. The van der Waals surface area contributed by atoms with Gasteiger partial charge in [-0.3, -0.25) is 4.79 Å². The molecule has 0 fully saturated rings. The fraction of sp³-hybridized carbons (Fsp3) is 0.316. The van der Waals surface area contributed by atoms with Crippen molar-refractivity contribution in [3.8, 4) is 11.5 Å². The molecule has 2 atom stereocenters. The Morgan fingerprint density at radius 3 is 1.48 bits per heavy atom. The number of nitrogens with two attached hydrogens (primary N) is 1. The number of hydrogen-bond acceptors (Lipinski definition) is 7. The molecule has 0 aliphatic rings. The number of benzene rings is 4. The third-order valence-corrected chi connectivity index (χ3v) is 9.35. The SMILES string of the molecule is Cc1cc(O)cc(C)c1CC(C)C(=O)OCc1ccccc1.Cc1cc(O)cc(C)c1CC(C[I-]N)C(=O)OCc1ccccc1. The summed E-state index contributed by atoms with van der Waals surface area (Å²) < 4.78 is 17.3. The number of hydrogen-bond donors (Lipinski definition) is 3. The average Bonchev–Trinajstić information content (AvgIpc) is 3.02. The molecule has 0 aromatic heterocycles. The van der Waals surface area contributed by atoms with Gasteiger partial charge in [-0.2, -0.15) is 0 Å². The number of esters is 2. The van der Waals surface area contributed by atoms with E-state index in [1.807, 2.05) is 95.3 Å². The van der Waals surface area contributed by atoms with Crippen LogP contribution in [-0.2, 0) is 45.1 Å². The first-order chi connectivity index (χ1) is 22.0. The molecule has 2 unspecified atom stereocenters. The maximum absolute atomic E-state index is 12.5. The van der Waals surface area contributed by atoms with E-state index >= 15 is 0 Å². The molecule has 0 spiro atoms. The predicted octanol–water partition coefficient (Wildman–Crippen LogP) is 3.80. The second-order valence-corrected chi connectivity index (χ2v) is 13.4. The standard InChI is InChI=1S/C19H23INO3.C19H22O3/c1-13-8-17(22)9-14(2)18(13)10-16(11-20-21)19(23)24-12-15-6-4-3-5-7-15;1-13-9-17(20)10-14(2)18(13)11-15(3)19(21)22-12-16-7-5-4-6-8-16/h3-9,16,22H,10-12,21H2,1-2H3;4-10,15,20H,11-12H2,1-3H3/q-1;. The number of aromatic hydroxyl groups is 2. The van der Waals surface area contributed by atoms with E-state index in [9.17, 15) is 19.8 Å². The minimum atomic E-state index is -0.508. The molecule has 0 saturated carbocycles. The van der Waals surface area contributed by atoms with Gasteiger partial charge in [0.2, 0.25) is 0 Å². The molecule has 46 heavy (non-hydrogen) atoms. The topological polar surface area (TPSA) is 119 Å². The molecule has 4 aromatic rings. The first-order valence-corrected chi connectivity index (χ1v) is 18.0. The van der Waals surface area contributed by atoms with Crippen LogP contribution >= 0.6 is 0 Å². The van der Waals surface area contributed by atoms with E-state index in [4.69, 9.17) is 13.4 Å². The zero-order chi connectivity index (χ0) is 33.6. The van der Waals surface area contributed by atoms with Crippen molar-refractivity contribution in [2.75, 3.05) is 4.43 Å². The van der Waals surface area contributed by atoms with Crippen LogP contribution in [0.1, 0.15) is 51.4 Å². The summed E-state index contributed by atoms with van der Waals surface area (Å²) in [6.45, 7) is 10.3. The van der Waals surface area contributed by atoms with Crippen LogP contribution in [0.5, 0.6) is 11.5 Å². The van der Waals surface area contributed by atoms with E-state index in [1.165, 1.54) is 0 Å². The number of halogens is 1. The van der Waals surface area contributed by atoms with Crippen molar-refractivity contribution in [2.45, 2.75) is 60.7 Å². The van der Waals surface area contributed by atoms with Gasteiger partial charge in [-0.1, -0.05) is 37.3 Å². The van der Waals surface area contributed by atoms with E-state index in [-0.39, 0.29) is 41.9 Å². The van der Waals surface area contributed by atoms with Crippen LogP contribution in [0.2, 0.25) is 0 Å². The molecule has 0 saturated heterocycles. The van der Waals surface area contributed by atoms with E-state index in [0.717, 1.165) is 44.5 Å². The zero-order valence-electron chi connectivity index (χ0n) is 27.3. The summed E-state index contributed by atoms with van der Waals surface area (Å²) in [7, 11) is 0. The number of aryl methyl sites for hydroxylation is 4. The van der Waals surface area contributed by atoms with Crippen LogP contribution in [0.25, 0.3) is 0 Å². The normalized spacial score (nSPS) is 12.0. The van der Waals surface area contributed by atoms with E-state index in [0.29, 0.717) is 23.9 Å². The Hall–Kier alpha value is -3.89. The summed E-state index contributed by atoms with van der Waals surface area (Å²) in [4.78, 5) is 24.6. The van der Waals surface area contributed by atoms with Crippen molar-refractivity contribution in [1.82, 2.24) is 0 Å². The first kappa shape index (κ1) is 36.6. The Labute approximate surface area is 283 Å². The molecule has 4 rings (SSSR count). The number of phenolic OH excluding ortho intramolecular Hbond substituents is 2. The first-order valence-electron chi connectivity index (χ1n) is 15.3. The third-order valence-electron chi connectivity index (χ3n) is 7.78. The molecule has 7 nitrogen and oxygen atoms in total. The van der Waals surface area contributed by atoms with Crippen LogP contribution in [0.4, 0.5) is 0 Å². The second kappa shape index (κ2) is 18.3. The van der Waals surface area contributed by atoms with Crippen molar-refractivity contribution < 1.29 is 50.8 Å². The maximum atomic E-state index is 12.5. The number of alkyl halides is 1. The Balaban J connectivity index is 0.000000251. The Bertz CT molecular complexity index is 1530. The van der Waals surface area contributed by atoms with E-state index < -0.39 is 21.5 Å². The predicted molar refractivity (Wildman–Crippen MR) is 177 cm³/mol. The van der Waals surface area contributed by atoms with E-state index in [1.54, 1.807) is 24.3 Å². The zero-order valence-corrected chi connectivity index (χ0v) is 29.4. The van der Waals surface area contributed by atoms with Gasteiger partial charge in [-0.25, -0.2) is 0 Å². The van der Waals surface area contributed by atoms with Gasteiger partial charge in [0.15, 0.2) is 0 Å². The molecule has 4 N–H and O–H groups in total. The Kier molecular flexibility index (Phi) is 14.6. The summed E-state index contributed by atoms with van der Waals surface area (Å²) in [5.74, 6) is -0.327. The molecular weight excluding hydrogens is 693 g/mol. The van der Waals surface area contributed by atoms with E-state index in [2.05, 4.69) is 0 Å². The molecule has 4 aromatic carbocycles. The van der Waals surface area contributed by atoms with Crippen molar-refractivity contribution in [3.63, 3.8) is 0 Å². The quantitative estimate of drug-likeness (QED) is 0.0877. The van der Waals surface area contributed by atoms with Gasteiger partial charge >= 0.3 is 160 Å². The Morgan fingerprint density at radius 1 is 0.674 bits per heavy atom. The van der Waals surface area contributed by atoms with Gasteiger partial charge in [0, 0.05) is 0 Å². The summed E-state index contributed by atoms with van der Waals surface area (Å²) in [5, 5.41) is 19.2. The van der Waals surface area contributed by atoms with Crippen LogP contribution in [0, 0.1) is 39.5 Å². The molecule has 0 amide bonds. The third kappa shape index (κ3) is 11.5. The summed E-state index contributed by atoms with van der Waals surface area (Å²) in [6, 6.07) is 26.2. The molecule has 0 aliphatic carbocycles. The molecule has 0 aliphatic heterocycles. The minimum absolute atomic E-state index is 0.198. The Morgan fingerprint density at radius 2 is 1.07 bits per heavy atom. The summed E-state index contributed by atoms with van der Waals surface area (Å²) >= 11 is -0.508. The molecule has 0 bridgehead atoms. The van der Waals surface area contributed by atoms with Crippen molar-refractivity contribution in [1.29, 1.82) is 0 Å². The van der Waals surface area contributed by atoms with Crippen molar-refractivity contribution in [2.24, 2.45) is 15.8 Å². The fourth-order valence-electron chi connectivity index (χ4n) is 5.25. The second-order valence-electron chi connectivity index (χ2n) is 11.6. The van der Waals surface area contributed by atoms with Gasteiger partial charge in [0.05, 0.1) is 5.92 Å². The van der Waals surface area contributed by atoms with Crippen LogP contribution in [0.15, 0.2) is 84.9 Å². The van der Waals surface area contributed by atoms with Crippen molar-refractivity contribution in [3.05, 3.63) is 129 Å². The van der Waals surface area contributed by atoms with Gasteiger partial charge < -0.3 is 9.84 Å². The molecule has 246 valence electrons. The van der Waals surface area contributed by atoms with Crippen LogP contribution < -0.4 is 25.4 Å². The van der Waals surface area contributed by atoms with Crippen LogP contribution in [0.3, 0.4) is 0 Å². The fourth-order valence-corrected chi connectivity index (χ4v) is 6.53.